The van der Waals surface area contributed by atoms with E-state index in [1.165, 1.54) is 0 Å². The number of rotatable bonds is 4. The van der Waals surface area contributed by atoms with Gasteiger partial charge in [0.1, 0.15) is 17.6 Å². The molecule has 0 amide bonds. The Bertz CT molecular complexity index is 518. The second-order valence-electron chi connectivity index (χ2n) is 4.45. The summed E-state index contributed by atoms with van der Waals surface area (Å²) >= 11 is 0. The van der Waals surface area contributed by atoms with Gasteiger partial charge in [-0.2, -0.15) is 13.2 Å². The third-order valence-electron chi connectivity index (χ3n) is 2.91. The highest BCUT2D eigenvalue weighted by molar-refractivity contribution is 5.61. The molecule has 0 aromatic carbocycles. The summed E-state index contributed by atoms with van der Waals surface area (Å²) in [5, 5.41) is 16.6. The number of morpholine rings is 1. The van der Waals surface area contributed by atoms with Crippen LogP contribution in [0.15, 0.2) is 12.3 Å². The Hall–Kier alpha value is -1.94. The lowest BCUT2D eigenvalue weighted by molar-refractivity contribution is -0.384. The molecule has 0 aliphatic carbocycles. The topological polar surface area (TPSA) is 89.3 Å². The SMILES string of the molecule is O=[N+]([O-])c1cnc(C(F)(F)F)cc1NCC1COCCN1. The largest absolute Gasteiger partial charge is 0.433 e. The van der Waals surface area contributed by atoms with Crippen molar-refractivity contribution in [2.45, 2.75) is 12.2 Å². The second kappa shape index (κ2) is 6.22. The molecule has 1 saturated heterocycles. The van der Waals surface area contributed by atoms with Crippen LogP contribution in [0.1, 0.15) is 5.69 Å². The first-order valence-corrected chi connectivity index (χ1v) is 6.14. The molecule has 1 aliphatic heterocycles. The van der Waals surface area contributed by atoms with Gasteiger partial charge >= 0.3 is 11.9 Å². The highest BCUT2D eigenvalue weighted by atomic mass is 19.4. The molecule has 1 aromatic rings. The van der Waals surface area contributed by atoms with Crippen LogP contribution in [0.5, 0.6) is 0 Å². The third kappa shape index (κ3) is 4.02. The summed E-state index contributed by atoms with van der Waals surface area (Å²) in [6.45, 7) is 1.78. The van der Waals surface area contributed by atoms with Crippen LogP contribution in [0.3, 0.4) is 0 Å². The van der Waals surface area contributed by atoms with E-state index in [1.54, 1.807) is 0 Å². The van der Waals surface area contributed by atoms with Crippen LogP contribution in [0.4, 0.5) is 24.5 Å². The predicted molar refractivity (Wildman–Crippen MR) is 67.0 cm³/mol. The summed E-state index contributed by atoms with van der Waals surface area (Å²) in [5.41, 5.74) is -1.89. The first-order valence-electron chi connectivity index (χ1n) is 6.14. The molecule has 21 heavy (non-hydrogen) atoms. The van der Waals surface area contributed by atoms with Crippen LogP contribution in [0.25, 0.3) is 0 Å². The van der Waals surface area contributed by atoms with Crippen LogP contribution >= 0.6 is 0 Å². The molecule has 0 spiro atoms. The standard InChI is InChI=1S/C11H13F3N4O3/c12-11(13,14)10-3-8(9(5-17-10)18(19)20)16-4-7-6-21-2-1-15-7/h3,5,7,15H,1-2,4,6H2,(H,16,17). The Kier molecular flexibility index (Phi) is 4.58. The molecule has 1 aliphatic rings. The maximum Gasteiger partial charge on any atom is 0.433 e. The molecule has 0 bridgehead atoms. The first kappa shape index (κ1) is 15.4. The van der Waals surface area contributed by atoms with Gasteiger partial charge < -0.3 is 15.4 Å². The Balaban J connectivity index is 2.16. The highest BCUT2D eigenvalue weighted by Crippen LogP contribution is 2.32. The van der Waals surface area contributed by atoms with E-state index in [2.05, 4.69) is 15.6 Å². The lowest BCUT2D eigenvalue weighted by atomic mass is 10.2. The summed E-state index contributed by atoms with van der Waals surface area (Å²) < 4.78 is 43.0. The Labute approximate surface area is 117 Å². The molecule has 1 atom stereocenters. The van der Waals surface area contributed by atoms with Gasteiger partial charge in [0.15, 0.2) is 0 Å². The van der Waals surface area contributed by atoms with Crippen molar-refractivity contribution in [2.24, 2.45) is 0 Å². The number of anilines is 1. The predicted octanol–water partition coefficient (Wildman–Crippen LogP) is 1.41. The summed E-state index contributed by atoms with van der Waals surface area (Å²) in [7, 11) is 0. The number of halogens is 3. The van der Waals surface area contributed by atoms with Gasteiger partial charge in [-0.25, -0.2) is 4.98 Å². The molecular weight excluding hydrogens is 293 g/mol. The normalized spacial score (nSPS) is 19.3. The minimum Gasteiger partial charge on any atom is -0.378 e. The number of hydrogen-bond donors (Lipinski definition) is 2. The molecule has 1 aromatic heterocycles. The van der Waals surface area contributed by atoms with E-state index >= 15 is 0 Å². The fraction of sp³-hybridized carbons (Fsp3) is 0.545. The quantitative estimate of drug-likeness (QED) is 0.646. The lowest BCUT2D eigenvalue weighted by Crippen LogP contribution is -2.45. The average Bonchev–Trinajstić information content (AvgIpc) is 2.45. The van der Waals surface area contributed by atoms with E-state index in [0.717, 1.165) is 0 Å². The lowest BCUT2D eigenvalue weighted by Gasteiger charge is -2.24. The van der Waals surface area contributed by atoms with Crippen molar-refractivity contribution in [1.29, 1.82) is 0 Å². The van der Waals surface area contributed by atoms with Crippen molar-refractivity contribution in [3.8, 4) is 0 Å². The zero-order chi connectivity index (χ0) is 15.5. The summed E-state index contributed by atoms with van der Waals surface area (Å²) in [4.78, 5) is 13.1. The molecule has 1 fully saturated rings. The van der Waals surface area contributed by atoms with Crippen molar-refractivity contribution in [3.05, 3.63) is 28.1 Å². The molecule has 0 radical (unpaired) electrons. The van der Waals surface area contributed by atoms with Crippen molar-refractivity contribution in [1.82, 2.24) is 10.3 Å². The Morgan fingerprint density at radius 3 is 2.90 bits per heavy atom. The molecular formula is C11H13F3N4O3. The molecule has 2 heterocycles. The minimum absolute atomic E-state index is 0.124. The Morgan fingerprint density at radius 2 is 2.33 bits per heavy atom. The number of alkyl halides is 3. The smallest absolute Gasteiger partial charge is 0.378 e. The van der Waals surface area contributed by atoms with Gasteiger partial charge in [-0.15, -0.1) is 0 Å². The van der Waals surface area contributed by atoms with E-state index in [0.29, 0.717) is 32.0 Å². The monoisotopic (exact) mass is 306 g/mol. The molecule has 1 unspecified atom stereocenters. The summed E-state index contributed by atoms with van der Waals surface area (Å²) in [6.07, 6.45) is -4.05. The van der Waals surface area contributed by atoms with Crippen molar-refractivity contribution < 1.29 is 22.8 Å². The van der Waals surface area contributed by atoms with Crippen molar-refractivity contribution >= 4 is 11.4 Å². The highest BCUT2D eigenvalue weighted by Gasteiger charge is 2.34. The molecule has 0 saturated carbocycles. The maximum absolute atomic E-state index is 12.6. The van der Waals surface area contributed by atoms with Crippen LogP contribution < -0.4 is 10.6 Å². The zero-order valence-corrected chi connectivity index (χ0v) is 10.8. The summed E-state index contributed by atoms with van der Waals surface area (Å²) in [6, 6.07) is 0.516. The first-order chi connectivity index (χ1) is 9.88. The number of nitrogens with zero attached hydrogens (tertiary/aromatic N) is 2. The number of nitro groups is 1. The second-order valence-corrected chi connectivity index (χ2v) is 4.45. The van der Waals surface area contributed by atoms with Crippen molar-refractivity contribution in [3.63, 3.8) is 0 Å². The number of nitrogens with one attached hydrogen (secondary N) is 2. The van der Waals surface area contributed by atoms with Crippen LogP contribution in [-0.4, -0.2) is 42.3 Å². The van der Waals surface area contributed by atoms with E-state index in [1.807, 2.05) is 0 Å². The molecule has 2 N–H and O–H groups in total. The Morgan fingerprint density at radius 1 is 1.57 bits per heavy atom. The maximum atomic E-state index is 12.6. The molecule has 116 valence electrons. The molecule has 7 nitrogen and oxygen atoms in total. The number of ether oxygens (including phenoxy) is 1. The van der Waals surface area contributed by atoms with E-state index < -0.39 is 22.5 Å². The number of aromatic nitrogens is 1. The fourth-order valence-corrected chi connectivity index (χ4v) is 1.87. The third-order valence-corrected chi connectivity index (χ3v) is 2.91. The average molecular weight is 306 g/mol. The van der Waals surface area contributed by atoms with Gasteiger partial charge in [-0.05, 0) is 6.07 Å². The minimum atomic E-state index is -4.66. The van der Waals surface area contributed by atoms with Gasteiger partial charge in [0.05, 0.1) is 18.1 Å². The van der Waals surface area contributed by atoms with Crippen LogP contribution in [-0.2, 0) is 10.9 Å². The number of pyridine rings is 1. The van der Waals surface area contributed by atoms with Crippen LogP contribution in [0.2, 0.25) is 0 Å². The molecule has 2 rings (SSSR count). The van der Waals surface area contributed by atoms with E-state index in [4.69, 9.17) is 4.74 Å². The fourth-order valence-electron chi connectivity index (χ4n) is 1.87. The van der Waals surface area contributed by atoms with Crippen LogP contribution in [0, 0.1) is 10.1 Å². The van der Waals surface area contributed by atoms with Gasteiger partial charge in [0, 0.05) is 19.1 Å². The molecule has 10 heteroatoms. The summed E-state index contributed by atoms with van der Waals surface area (Å²) in [5.74, 6) is 0. The van der Waals surface area contributed by atoms with Crippen molar-refractivity contribution in [2.75, 3.05) is 31.6 Å². The van der Waals surface area contributed by atoms with Gasteiger partial charge in [0.2, 0.25) is 0 Å². The number of hydrogen-bond acceptors (Lipinski definition) is 6. The van der Waals surface area contributed by atoms with Gasteiger partial charge in [-0.1, -0.05) is 0 Å². The zero-order valence-electron chi connectivity index (χ0n) is 10.8. The van der Waals surface area contributed by atoms with E-state index in [9.17, 15) is 23.3 Å². The van der Waals surface area contributed by atoms with Gasteiger partial charge in [-0.3, -0.25) is 10.1 Å². The van der Waals surface area contributed by atoms with E-state index in [-0.39, 0.29) is 18.3 Å². The van der Waals surface area contributed by atoms with Gasteiger partial charge in [0.25, 0.3) is 0 Å².